The quantitative estimate of drug-likeness (QED) is 0.786. The molecule has 0 unspecified atom stereocenters. The lowest BCUT2D eigenvalue weighted by atomic mass is 10.1. The van der Waals surface area contributed by atoms with E-state index in [4.69, 9.17) is 4.52 Å². The molecular formula is C18H22N4O4S. The van der Waals surface area contributed by atoms with Gasteiger partial charge in [0.1, 0.15) is 11.6 Å². The second-order valence-electron chi connectivity index (χ2n) is 6.42. The number of carbonyl (C=O) groups is 1. The van der Waals surface area contributed by atoms with Crippen LogP contribution in [0.5, 0.6) is 0 Å². The van der Waals surface area contributed by atoms with Crippen molar-refractivity contribution in [2.75, 3.05) is 11.9 Å². The zero-order valence-electron chi connectivity index (χ0n) is 15.3. The monoisotopic (exact) mass is 390 g/mol. The molecule has 0 saturated carbocycles. The highest BCUT2D eigenvalue weighted by atomic mass is 32.2. The summed E-state index contributed by atoms with van der Waals surface area (Å²) in [5, 5.41) is 6.61. The fraction of sp³-hybridized carbons (Fsp3) is 0.389. The van der Waals surface area contributed by atoms with Gasteiger partial charge in [-0.25, -0.2) is 8.42 Å². The first kappa shape index (κ1) is 19.1. The van der Waals surface area contributed by atoms with Crippen LogP contribution in [-0.2, 0) is 21.2 Å². The van der Waals surface area contributed by atoms with E-state index in [-0.39, 0.29) is 17.2 Å². The third kappa shape index (κ3) is 4.73. The van der Waals surface area contributed by atoms with E-state index < -0.39 is 10.0 Å². The molecule has 27 heavy (non-hydrogen) atoms. The van der Waals surface area contributed by atoms with E-state index in [1.807, 2.05) is 13.8 Å². The zero-order chi connectivity index (χ0) is 19.4. The molecule has 0 atom stereocenters. The molecule has 9 heteroatoms. The molecule has 2 heterocycles. The molecule has 0 radical (unpaired) electrons. The number of aromatic nitrogens is 1. The lowest BCUT2D eigenvalue weighted by Gasteiger charge is -2.10. The third-order valence-electron chi connectivity index (χ3n) is 4.34. The van der Waals surface area contributed by atoms with Crippen LogP contribution in [0, 0.1) is 13.8 Å². The van der Waals surface area contributed by atoms with Gasteiger partial charge < -0.3 is 9.84 Å². The van der Waals surface area contributed by atoms with Gasteiger partial charge in [-0.15, -0.1) is 0 Å². The van der Waals surface area contributed by atoms with Crippen LogP contribution in [0.1, 0.15) is 36.3 Å². The van der Waals surface area contributed by atoms with Gasteiger partial charge >= 0.3 is 0 Å². The minimum atomic E-state index is -3.71. The second-order valence-corrected chi connectivity index (χ2v) is 8.10. The Morgan fingerprint density at radius 1 is 1.30 bits per heavy atom. The van der Waals surface area contributed by atoms with E-state index in [0.29, 0.717) is 36.7 Å². The smallest absolute Gasteiger partial charge is 0.262 e. The van der Waals surface area contributed by atoms with Crippen LogP contribution >= 0.6 is 0 Å². The molecule has 8 nitrogen and oxygen atoms in total. The van der Waals surface area contributed by atoms with Crippen LogP contribution in [0.2, 0.25) is 0 Å². The van der Waals surface area contributed by atoms with Crippen LogP contribution in [0.15, 0.2) is 38.7 Å². The van der Waals surface area contributed by atoms with E-state index in [2.05, 4.69) is 20.2 Å². The minimum Gasteiger partial charge on any atom is -0.361 e. The summed E-state index contributed by atoms with van der Waals surface area (Å²) >= 11 is 0. The summed E-state index contributed by atoms with van der Waals surface area (Å²) in [6, 6.07) is 6.16. The maximum absolute atomic E-state index is 12.5. The summed E-state index contributed by atoms with van der Waals surface area (Å²) in [6.45, 7) is 4.28. The Bertz CT molecular complexity index is 959. The Morgan fingerprint density at radius 3 is 2.78 bits per heavy atom. The van der Waals surface area contributed by atoms with Gasteiger partial charge in [0.25, 0.3) is 10.0 Å². The van der Waals surface area contributed by atoms with Crippen molar-refractivity contribution in [3.05, 3.63) is 41.3 Å². The summed E-state index contributed by atoms with van der Waals surface area (Å²) < 4.78 is 32.5. The summed E-state index contributed by atoms with van der Waals surface area (Å²) in [5.74, 6) is 0.968. The SMILES string of the molecule is Cc1noc(C)c1CCC(=O)Nc1cccc(S(=O)(=O)NC2=NCCC2)c1. The fourth-order valence-corrected chi connectivity index (χ4v) is 4.03. The second kappa shape index (κ2) is 7.91. The third-order valence-corrected chi connectivity index (χ3v) is 5.72. The van der Waals surface area contributed by atoms with Gasteiger partial charge in [-0.3, -0.25) is 14.5 Å². The van der Waals surface area contributed by atoms with Crippen molar-refractivity contribution < 1.29 is 17.7 Å². The summed E-state index contributed by atoms with van der Waals surface area (Å²) in [6.07, 6.45) is 2.22. The zero-order valence-corrected chi connectivity index (χ0v) is 16.1. The van der Waals surface area contributed by atoms with Crippen LogP contribution in [0.25, 0.3) is 0 Å². The number of nitrogens with zero attached hydrogens (tertiary/aromatic N) is 2. The fourth-order valence-electron chi connectivity index (χ4n) is 2.90. The average molecular weight is 390 g/mol. The predicted octanol–water partition coefficient (Wildman–Crippen LogP) is 2.33. The molecule has 0 spiro atoms. The van der Waals surface area contributed by atoms with Gasteiger partial charge in [-0.05, 0) is 44.9 Å². The minimum absolute atomic E-state index is 0.0839. The van der Waals surface area contributed by atoms with Crippen molar-refractivity contribution in [1.82, 2.24) is 9.88 Å². The molecule has 3 rings (SSSR count). The summed E-state index contributed by atoms with van der Waals surface area (Å²) in [5.41, 5.74) is 2.12. The molecule has 144 valence electrons. The first-order valence-electron chi connectivity index (χ1n) is 8.73. The lowest BCUT2D eigenvalue weighted by Crippen LogP contribution is -2.29. The number of aliphatic imine (C=N–C) groups is 1. The van der Waals surface area contributed by atoms with Gasteiger partial charge in [0.05, 0.1) is 10.6 Å². The van der Waals surface area contributed by atoms with Crippen LogP contribution in [0.3, 0.4) is 0 Å². The van der Waals surface area contributed by atoms with Crippen molar-refractivity contribution in [2.24, 2.45) is 4.99 Å². The highest BCUT2D eigenvalue weighted by Gasteiger charge is 2.19. The van der Waals surface area contributed by atoms with E-state index >= 15 is 0 Å². The maximum atomic E-state index is 12.5. The maximum Gasteiger partial charge on any atom is 0.262 e. The Morgan fingerprint density at radius 2 is 2.11 bits per heavy atom. The largest absolute Gasteiger partial charge is 0.361 e. The van der Waals surface area contributed by atoms with Crippen molar-refractivity contribution in [3.8, 4) is 0 Å². The standard InChI is InChI=1S/C18H22N4O4S/c1-12-16(13(2)26-21-12)8-9-18(23)20-14-5-3-6-15(11-14)27(24,25)22-17-7-4-10-19-17/h3,5-6,11H,4,7-10H2,1-2H3,(H,19,22)(H,20,23). The molecule has 2 aromatic rings. The Labute approximate surface area is 158 Å². The van der Waals surface area contributed by atoms with Gasteiger partial charge in [0, 0.05) is 30.6 Å². The van der Waals surface area contributed by atoms with Gasteiger partial charge in [0.15, 0.2) is 0 Å². The first-order valence-corrected chi connectivity index (χ1v) is 10.2. The molecule has 1 aliphatic rings. The highest BCUT2D eigenvalue weighted by molar-refractivity contribution is 7.90. The molecular weight excluding hydrogens is 368 g/mol. The molecule has 1 aromatic heterocycles. The number of amidine groups is 1. The van der Waals surface area contributed by atoms with Crippen molar-refractivity contribution in [3.63, 3.8) is 0 Å². The van der Waals surface area contributed by atoms with E-state index in [1.165, 1.54) is 12.1 Å². The normalized spacial score (nSPS) is 14.1. The highest BCUT2D eigenvalue weighted by Crippen LogP contribution is 2.18. The Balaban J connectivity index is 1.64. The molecule has 0 saturated heterocycles. The van der Waals surface area contributed by atoms with Gasteiger partial charge in [0.2, 0.25) is 5.91 Å². The number of aryl methyl sites for hydroxylation is 2. The lowest BCUT2D eigenvalue weighted by molar-refractivity contribution is -0.116. The number of rotatable bonds is 6. The molecule has 1 aromatic carbocycles. The topological polar surface area (TPSA) is 114 Å². The number of hydrogen-bond acceptors (Lipinski definition) is 6. The molecule has 1 amide bonds. The molecule has 1 aliphatic heterocycles. The number of amides is 1. The number of anilines is 1. The molecule has 0 aliphatic carbocycles. The van der Waals surface area contributed by atoms with E-state index in [9.17, 15) is 13.2 Å². The number of nitrogens with one attached hydrogen (secondary N) is 2. The van der Waals surface area contributed by atoms with Gasteiger partial charge in [-0.1, -0.05) is 11.2 Å². The Kier molecular flexibility index (Phi) is 5.59. The Hall–Kier alpha value is -2.68. The van der Waals surface area contributed by atoms with E-state index in [1.54, 1.807) is 12.1 Å². The van der Waals surface area contributed by atoms with Crippen LogP contribution in [0.4, 0.5) is 5.69 Å². The van der Waals surface area contributed by atoms with Crippen molar-refractivity contribution in [1.29, 1.82) is 0 Å². The van der Waals surface area contributed by atoms with E-state index in [0.717, 1.165) is 17.7 Å². The summed E-state index contributed by atoms with van der Waals surface area (Å²) in [4.78, 5) is 16.4. The molecule has 0 bridgehead atoms. The average Bonchev–Trinajstić information content (AvgIpc) is 3.23. The summed E-state index contributed by atoms with van der Waals surface area (Å²) in [7, 11) is -3.71. The van der Waals surface area contributed by atoms with Crippen molar-refractivity contribution >= 4 is 27.5 Å². The number of benzene rings is 1. The number of sulfonamides is 1. The first-order chi connectivity index (χ1) is 12.8. The number of hydrogen-bond donors (Lipinski definition) is 2. The van der Waals surface area contributed by atoms with Crippen molar-refractivity contribution in [2.45, 2.75) is 44.4 Å². The van der Waals surface area contributed by atoms with Crippen LogP contribution < -0.4 is 10.0 Å². The number of carbonyl (C=O) groups excluding carboxylic acids is 1. The van der Waals surface area contributed by atoms with Crippen LogP contribution in [-0.4, -0.2) is 31.9 Å². The molecule has 0 fully saturated rings. The van der Waals surface area contributed by atoms with Gasteiger partial charge in [-0.2, -0.15) is 0 Å². The molecule has 2 N–H and O–H groups in total. The predicted molar refractivity (Wildman–Crippen MR) is 101 cm³/mol.